The van der Waals surface area contributed by atoms with Crippen LogP contribution in [-0.4, -0.2) is 16.4 Å². The summed E-state index contributed by atoms with van der Waals surface area (Å²) in [5, 5.41) is 3.46. The zero-order valence-electron chi connectivity index (χ0n) is 9.64. The molecule has 94 valence electrons. The Morgan fingerprint density at radius 1 is 1.53 bits per heavy atom. The van der Waals surface area contributed by atoms with Gasteiger partial charge >= 0.3 is 0 Å². The summed E-state index contributed by atoms with van der Waals surface area (Å²) in [5.74, 6) is 0.294. The van der Waals surface area contributed by atoms with Crippen LogP contribution in [0.1, 0.15) is 24.2 Å². The van der Waals surface area contributed by atoms with Crippen molar-refractivity contribution in [3.05, 3.63) is 33.3 Å². The molecule has 0 fully saturated rings. The second kappa shape index (κ2) is 6.95. The van der Waals surface area contributed by atoms with E-state index in [0.29, 0.717) is 16.5 Å². The van der Waals surface area contributed by atoms with Gasteiger partial charge in [0.15, 0.2) is 0 Å². The molecule has 1 aromatic carbocycles. The van der Waals surface area contributed by atoms with Crippen molar-refractivity contribution in [1.29, 1.82) is 0 Å². The summed E-state index contributed by atoms with van der Waals surface area (Å²) in [4.78, 5) is 12.0. The van der Waals surface area contributed by atoms with E-state index in [1.165, 1.54) is 0 Å². The van der Waals surface area contributed by atoms with Crippen LogP contribution >= 0.6 is 50.1 Å². The maximum atomic E-state index is 12.0. The standard InChI is InChI=1S/C12H14BrClINO/c1-7(2)11(6-15)16-12(17)9-4-3-8(13)5-10(9)14/h3-5,7,11H,6H2,1-2H3,(H,16,17). The van der Waals surface area contributed by atoms with Crippen LogP contribution in [-0.2, 0) is 0 Å². The highest BCUT2D eigenvalue weighted by Crippen LogP contribution is 2.21. The topological polar surface area (TPSA) is 29.1 Å². The minimum Gasteiger partial charge on any atom is -0.348 e. The Bertz CT molecular complexity index is 411. The van der Waals surface area contributed by atoms with Crippen LogP contribution in [0.4, 0.5) is 0 Å². The number of halogens is 3. The number of rotatable bonds is 4. The van der Waals surface area contributed by atoms with Crippen molar-refractivity contribution < 1.29 is 4.79 Å². The molecular weight excluding hydrogens is 416 g/mol. The van der Waals surface area contributed by atoms with Crippen molar-refractivity contribution in [3.63, 3.8) is 0 Å². The molecule has 0 saturated heterocycles. The SMILES string of the molecule is CC(C)C(CI)NC(=O)c1ccc(Br)cc1Cl. The van der Waals surface area contributed by atoms with Crippen molar-refractivity contribution >= 4 is 56.0 Å². The van der Waals surface area contributed by atoms with Crippen LogP contribution in [0, 0.1) is 5.92 Å². The van der Waals surface area contributed by atoms with Crippen LogP contribution in [0.2, 0.25) is 5.02 Å². The lowest BCUT2D eigenvalue weighted by Crippen LogP contribution is -2.39. The van der Waals surface area contributed by atoms with Crippen molar-refractivity contribution in [1.82, 2.24) is 5.32 Å². The van der Waals surface area contributed by atoms with Gasteiger partial charge in [-0.2, -0.15) is 0 Å². The number of benzene rings is 1. The van der Waals surface area contributed by atoms with E-state index in [0.717, 1.165) is 8.90 Å². The minimum atomic E-state index is -0.113. The first kappa shape index (κ1) is 15.2. The van der Waals surface area contributed by atoms with E-state index in [2.05, 4.69) is 57.7 Å². The summed E-state index contributed by atoms with van der Waals surface area (Å²) in [6, 6.07) is 5.44. The second-order valence-corrected chi connectivity index (χ2v) is 6.31. The highest BCUT2D eigenvalue weighted by Gasteiger charge is 2.17. The lowest BCUT2D eigenvalue weighted by molar-refractivity contribution is 0.0932. The van der Waals surface area contributed by atoms with Crippen molar-refractivity contribution in [2.24, 2.45) is 5.92 Å². The van der Waals surface area contributed by atoms with Gasteiger partial charge in [0.05, 0.1) is 10.6 Å². The number of hydrogen-bond acceptors (Lipinski definition) is 1. The second-order valence-electron chi connectivity index (χ2n) is 4.10. The number of amides is 1. The van der Waals surface area contributed by atoms with Gasteiger partial charge in [-0.15, -0.1) is 0 Å². The maximum Gasteiger partial charge on any atom is 0.253 e. The Kier molecular flexibility index (Phi) is 6.23. The molecule has 0 aromatic heterocycles. The van der Waals surface area contributed by atoms with Gasteiger partial charge in [-0.3, -0.25) is 4.79 Å². The highest BCUT2D eigenvalue weighted by atomic mass is 127. The molecule has 1 amide bonds. The van der Waals surface area contributed by atoms with Gasteiger partial charge in [0.25, 0.3) is 5.91 Å². The fraction of sp³-hybridized carbons (Fsp3) is 0.417. The zero-order valence-corrected chi connectivity index (χ0v) is 14.1. The average Bonchev–Trinajstić information content (AvgIpc) is 2.24. The van der Waals surface area contributed by atoms with Crippen LogP contribution < -0.4 is 5.32 Å². The number of alkyl halides is 1. The van der Waals surface area contributed by atoms with E-state index < -0.39 is 0 Å². The molecule has 0 radical (unpaired) electrons. The van der Waals surface area contributed by atoms with E-state index in [-0.39, 0.29) is 11.9 Å². The third kappa shape index (κ3) is 4.41. The fourth-order valence-electron chi connectivity index (χ4n) is 1.30. The first-order chi connectivity index (χ1) is 7.95. The van der Waals surface area contributed by atoms with Crippen LogP contribution in [0.25, 0.3) is 0 Å². The first-order valence-corrected chi connectivity index (χ1v) is 7.97. The average molecular weight is 431 g/mol. The molecule has 0 saturated carbocycles. The molecule has 5 heteroatoms. The molecule has 0 heterocycles. The van der Waals surface area contributed by atoms with E-state index in [4.69, 9.17) is 11.6 Å². The van der Waals surface area contributed by atoms with Crippen LogP contribution in [0.5, 0.6) is 0 Å². The normalized spacial score (nSPS) is 12.6. The summed E-state index contributed by atoms with van der Waals surface area (Å²) in [6.07, 6.45) is 0. The molecule has 0 aliphatic rings. The maximum absolute atomic E-state index is 12.0. The van der Waals surface area contributed by atoms with Crippen molar-refractivity contribution in [2.75, 3.05) is 4.43 Å². The van der Waals surface area contributed by atoms with E-state index >= 15 is 0 Å². The molecule has 1 unspecified atom stereocenters. The van der Waals surface area contributed by atoms with Gasteiger partial charge < -0.3 is 5.32 Å². The monoisotopic (exact) mass is 429 g/mol. The predicted octanol–water partition coefficient (Wildman–Crippen LogP) is 4.29. The van der Waals surface area contributed by atoms with Crippen LogP contribution in [0.15, 0.2) is 22.7 Å². The van der Waals surface area contributed by atoms with E-state index in [1.54, 1.807) is 12.1 Å². The third-order valence-corrected chi connectivity index (χ3v) is 4.22. The number of nitrogens with one attached hydrogen (secondary N) is 1. The quantitative estimate of drug-likeness (QED) is 0.560. The van der Waals surface area contributed by atoms with Gasteiger partial charge in [-0.1, -0.05) is 64.0 Å². The first-order valence-electron chi connectivity index (χ1n) is 5.27. The molecule has 0 spiro atoms. The summed E-state index contributed by atoms with van der Waals surface area (Å²) in [7, 11) is 0. The van der Waals surface area contributed by atoms with E-state index in [9.17, 15) is 4.79 Å². The Morgan fingerprint density at radius 2 is 2.18 bits per heavy atom. The van der Waals surface area contributed by atoms with Crippen molar-refractivity contribution in [2.45, 2.75) is 19.9 Å². The minimum absolute atomic E-state index is 0.113. The Hall–Kier alpha value is 0.190. The molecule has 2 nitrogen and oxygen atoms in total. The lowest BCUT2D eigenvalue weighted by Gasteiger charge is -2.20. The summed E-state index contributed by atoms with van der Waals surface area (Å²) in [5.41, 5.74) is 0.519. The van der Waals surface area contributed by atoms with Gasteiger partial charge in [0.2, 0.25) is 0 Å². The third-order valence-electron chi connectivity index (χ3n) is 2.46. The van der Waals surface area contributed by atoms with E-state index in [1.807, 2.05) is 6.07 Å². The van der Waals surface area contributed by atoms with Gasteiger partial charge in [-0.05, 0) is 24.1 Å². The van der Waals surface area contributed by atoms with Crippen molar-refractivity contribution in [3.8, 4) is 0 Å². The summed E-state index contributed by atoms with van der Waals surface area (Å²) < 4.78 is 1.75. The van der Waals surface area contributed by atoms with Gasteiger partial charge in [-0.25, -0.2) is 0 Å². The van der Waals surface area contributed by atoms with Gasteiger partial charge in [0.1, 0.15) is 0 Å². The Morgan fingerprint density at radius 3 is 2.65 bits per heavy atom. The molecule has 0 bridgehead atoms. The molecule has 1 atom stereocenters. The molecule has 1 aromatic rings. The number of carbonyl (C=O) groups is 1. The largest absolute Gasteiger partial charge is 0.348 e. The molecule has 1 rings (SSSR count). The lowest BCUT2D eigenvalue weighted by atomic mass is 10.1. The number of hydrogen-bond donors (Lipinski definition) is 1. The molecular formula is C12H14BrClINO. The zero-order chi connectivity index (χ0) is 13.0. The predicted molar refractivity (Wildman–Crippen MR) is 84.1 cm³/mol. The Labute approximate surface area is 129 Å². The molecule has 17 heavy (non-hydrogen) atoms. The highest BCUT2D eigenvalue weighted by molar-refractivity contribution is 14.1. The molecule has 1 N–H and O–H groups in total. The summed E-state index contributed by atoms with van der Waals surface area (Å²) >= 11 is 11.6. The van der Waals surface area contributed by atoms with Gasteiger partial charge in [0, 0.05) is 14.9 Å². The molecule has 0 aliphatic carbocycles. The summed E-state index contributed by atoms with van der Waals surface area (Å²) in [6.45, 7) is 4.18. The smallest absolute Gasteiger partial charge is 0.253 e. The fourth-order valence-corrected chi connectivity index (χ4v) is 3.30. The van der Waals surface area contributed by atoms with Crippen LogP contribution in [0.3, 0.4) is 0 Å². The molecule has 0 aliphatic heterocycles. The number of carbonyl (C=O) groups excluding carboxylic acids is 1. The Balaban J connectivity index is 2.82.